The summed E-state index contributed by atoms with van der Waals surface area (Å²) in [6.07, 6.45) is 3.11. The van der Waals surface area contributed by atoms with Gasteiger partial charge in [0.25, 0.3) is 12.0 Å². The van der Waals surface area contributed by atoms with Crippen LogP contribution in [0.15, 0.2) is 52.4 Å². The maximum Gasteiger partial charge on any atom is 0.271 e. The van der Waals surface area contributed by atoms with Crippen molar-refractivity contribution < 1.29 is 13.2 Å². The van der Waals surface area contributed by atoms with Gasteiger partial charge in [0, 0.05) is 25.0 Å². The molecule has 7 nitrogen and oxygen atoms in total. The molecular formula is C20H16BrF3N6O. The summed E-state index contributed by atoms with van der Waals surface area (Å²) in [4.78, 5) is 21.2. The number of pyridine rings is 1. The van der Waals surface area contributed by atoms with Crippen LogP contribution in [0.1, 0.15) is 30.5 Å². The fourth-order valence-corrected chi connectivity index (χ4v) is 3.79. The van der Waals surface area contributed by atoms with Crippen LogP contribution >= 0.6 is 15.9 Å². The average molecular weight is 493 g/mol. The van der Waals surface area contributed by atoms with Gasteiger partial charge in [0.05, 0.1) is 34.4 Å². The first kappa shape index (κ1) is 21.0. The monoisotopic (exact) mass is 492 g/mol. The van der Waals surface area contributed by atoms with Crippen molar-refractivity contribution in [2.45, 2.75) is 19.4 Å². The molecule has 0 radical (unpaired) electrons. The van der Waals surface area contributed by atoms with Crippen molar-refractivity contribution in [1.29, 1.82) is 0 Å². The summed E-state index contributed by atoms with van der Waals surface area (Å²) in [5, 5.41) is 7.61. The minimum absolute atomic E-state index is 0.0733. The number of rotatable bonds is 5. The highest BCUT2D eigenvalue weighted by atomic mass is 79.9. The fourth-order valence-electron chi connectivity index (χ4n) is 3.28. The van der Waals surface area contributed by atoms with E-state index < -0.39 is 23.8 Å². The van der Waals surface area contributed by atoms with Crippen molar-refractivity contribution in [3.05, 3.63) is 74.9 Å². The van der Waals surface area contributed by atoms with Crippen LogP contribution in [0.4, 0.5) is 19.0 Å². The van der Waals surface area contributed by atoms with Crippen molar-refractivity contribution in [2.24, 2.45) is 7.05 Å². The Bertz CT molecular complexity index is 1340. The molecule has 1 aromatic carbocycles. The van der Waals surface area contributed by atoms with E-state index in [0.29, 0.717) is 22.4 Å². The number of benzene rings is 1. The zero-order chi connectivity index (χ0) is 22.3. The highest BCUT2D eigenvalue weighted by Crippen LogP contribution is 2.31. The number of halogens is 4. The van der Waals surface area contributed by atoms with Crippen LogP contribution in [-0.4, -0.2) is 24.3 Å². The first-order valence-corrected chi connectivity index (χ1v) is 9.95. The lowest BCUT2D eigenvalue weighted by molar-refractivity contribution is 0.146. The number of fused-ring (bicyclic) bond motifs is 1. The Labute approximate surface area is 182 Å². The van der Waals surface area contributed by atoms with Gasteiger partial charge >= 0.3 is 0 Å². The summed E-state index contributed by atoms with van der Waals surface area (Å²) in [6.45, 7) is 1.63. The zero-order valence-electron chi connectivity index (χ0n) is 16.4. The zero-order valence-corrected chi connectivity index (χ0v) is 17.9. The number of aryl methyl sites for hydroxylation is 1. The number of nitrogens with one attached hydrogen (secondary N) is 1. The van der Waals surface area contributed by atoms with Crippen LogP contribution in [0, 0.1) is 5.82 Å². The molecule has 0 spiro atoms. The minimum Gasteiger partial charge on any atom is -0.363 e. The average Bonchev–Trinajstić information content (AvgIpc) is 3.16. The van der Waals surface area contributed by atoms with Gasteiger partial charge in [-0.15, -0.1) is 0 Å². The highest BCUT2D eigenvalue weighted by Gasteiger charge is 2.21. The maximum atomic E-state index is 14.6. The van der Waals surface area contributed by atoms with E-state index in [9.17, 15) is 18.0 Å². The molecule has 160 valence electrons. The van der Waals surface area contributed by atoms with E-state index in [1.54, 1.807) is 31.0 Å². The largest absolute Gasteiger partial charge is 0.363 e. The van der Waals surface area contributed by atoms with Crippen molar-refractivity contribution in [1.82, 2.24) is 24.3 Å². The number of hydrogen-bond acceptors (Lipinski definition) is 5. The fraction of sp³-hybridized carbons (Fsp3) is 0.200. The third kappa shape index (κ3) is 3.80. The quantitative estimate of drug-likeness (QED) is 0.442. The Morgan fingerprint density at radius 1 is 1.16 bits per heavy atom. The molecular weight excluding hydrogens is 477 g/mol. The van der Waals surface area contributed by atoms with Gasteiger partial charge < -0.3 is 5.32 Å². The predicted molar refractivity (Wildman–Crippen MR) is 113 cm³/mol. The van der Waals surface area contributed by atoms with Gasteiger partial charge in [0.1, 0.15) is 22.4 Å². The normalized spacial score (nSPS) is 12.5. The number of alkyl halides is 2. The molecule has 0 saturated carbocycles. The van der Waals surface area contributed by atoms with E-state index in [1.165, 1.54) is 29.2 Å². The third-order valence-corrected chi connectivity index (χ3v) is 5.55. The van der Waals surface area contributed by atoms with Gasteiger partial charge in [-0.2, -0.15) is 5.10 Å². The van der Waals surface area contributed by atoms with Gasteiger partial charge in [-0.25, -0.2) is 23.1 Å². The highest BCUT2D eigenvalue weighted by molar-refractivity contribution is 9.10. The molecule has 1 atom stereocenters. The van der Waals surface area contributed by atoms with Crippen LogP contribution in [0.3, 0.4) is 0 Å². The number of aromatic nitrogens is 5. The topological polar surface area (TPSA) is 77.6 Å². The predicted octanol–water partition coefficient (Wildman–Crippen LogP) is 4.53. The lowest BCUT2D eigenvalue weighted by Crippen LogP contribution is -2.19. The summed E-state index contributed by atoms with van der Waals surface area (Å²) in [7, 11) is 1.73. The first-order valence-electron chi connectivity index (χ1n) is 9.15. The molecule has 0 aliphatic rings. The van der Waals surface area contributed by atoms with E-state index in [-0.39, 0.29) is 15.6 Å². The van der Waals surface area contributed by atoms with E-state index in [4.69, 9.17) is 0 Å². The third-order valence-electron chi connectivity index (χ3n) is 4.84. The number of anilines is 1. The van der Waals surface area contributed by atoms with E-state index in [0.717, 1.165) is 6.07 Å². The van der Waals surface area contributed by atoms with E-state index in [1.807, 2.05) is 0 Å². The van der Waals surface area contributed by atoms with Gasteiger partial charge in [0.2, 0.25) is 0 Å². The van der Waals surface area contributed by atoms with Crippen LogP contribution in [0.5, 0.6) is 0 Å². The summed E-state index contributed by atoms with van der Waals surface area (Å²) in [5.74, 6) is -0.651. The lowest BCUT2D eigenvalue weighted by Gasteiger charge is -2.18. The molecule has 0 unspecified atom stereocenters. The maximum absolute atomic E-state index is 14.6. The second kappa shape index (κ2) is 8.14. The molecule has 0 aliphatic carbocycles. The smallest absolute Gasteiger partial charge is 0.271 e. The van der Waals surface area contributed by atoms with Crippen LogP contribution in [-0.2, 0) is 7.05 Å². The molecule has 0 saturated heterocycles. The molecule has 3 aromatic heterocycles. The second-order valence-corrected chi connectivity index (χ2v) is 7.69. The van der Waals surface area contributed by atoms with E-state index >= 15 is 0 Å². The van der Waals surface area contributed by atoms with Crippen LogP contribution < -0.4 is 10.9 Å². The summed E-state index contributed by atoms with van der Waals surface area (Å²) in [6, 6.07) is 3.19. The molecule has 4 rings (SSSR count). The molecule has 0 fully saturated rings. The van der Waals surface area contributed by atoms with Gasteiger partial charge in [0.15, 0.2) is 0 Å². The minimum atomic E-state index is -2.92. The Balaban J connectivity index is 1.81. The molecule has 3 heterocycles. The SMILES string of the molecule is C[C@H](Nc1ncnc2c(Br)c(=O)n(-c3cnn(C)c3)cc12)c1cccc(C(F)F)c1F. The van der Waals surface area contributed by atoms with Crippen molar-refractivity contribution in [2.75, 3.05) is 5.32 Å². The van der Waals surface area contributed by atoms with Gasteiger partial charge in [-0.1, -0.05) is 18.2 Å². The Morgan fingerprint density at radius 3 is 2.58 bits per heavy atom. The van der Waals surface area contributed by atoms with Gasteiger partial charge in [-0.3, -0.25) is 14.0 Å². The van der Waals surface area contributed by atoms with Crippen molar-refractivity contribution >= 4 is 32.7 Å². The molecule has 11 heteroatoms. The summed E-state index contributed by atoms with van der Waals surface area (Å²) < 4.78 is 43.9. The second-order valence-electron chi connectivity index (χ2n) is 6.89. The lowest BCUT2D eigenvalue weighted by atomic mass is 10.0. The molecule has 1 N–H and O–H groups in total. The Hall–Kier alpha value is -3.21. The molecule has 0 bridgehead atoms. The Kier molecular flexibility index (Phi) is 5.52. The van der Waals surface area contributed by atoms with Crippen LogP contribution in [0.25, 0.3) is 16.6 Å². The molecule has 31 heavy (non-hydrogen) atoms. The van der Waals surface area contributed by atoms with Crippen LogP contribution in [0.2, 0.25) is 0 Å². The Morgan fingerprint density at radius 2 is 1.90 bits per heavy atom. The van der Waals surface area contributed by atoms with Gasteiger partial charge in [-0.05, 0) is 22.9 Å². The standard InChI is InChI=1S/C20H16BrF3N6O/c1-10(12-4-3-5-13(16(12)22)18(23)24)28-19-14-8-30(11-6-27-29(2)7-11)20(31)15(21)17(14)25-9-26-19/h3-10,18H,1-2H3,(H,25,26,28)/t10-/m0/s1. The van der Waals surface area contributed by atoms with Crippen molar-refractivity contribution in [3.63, 3.8) is 0 Å². The first-order chi connectivity index (χ1) is 14.8. The molecule has 4 aromatic rings. The van der Waals surface area contributed by atoms with E-state index in [2.05, 4.69) is 36.3 Å². The molecule has 0 amide bonds. The number of hydrogen-bond donors (Lipinski definition) is 1. The van der Waals surface area contributed by atoms with Crippen molar-refractivity contribution in [3.8, 4) is 5.69 Å². The summed E-state index contributed by atoms with van der Waals surface area (Å²) in [5.41, 5.74) is -0.0322. The summed E-state index contributed by atoms with van der Waals surface area (Å²) >= 11 is 3.30. The number of nitrogens with zero attached hydrogens (tertiary/aromatic N) is 5. The molecule has 0 aliphatic heterocycles.